The zero-order valence-corrected chi connectivity index (χ0v) is 14.1. The summed E-state index contributed by atoms with van der Waals surface area (Å²) in [6, 6.07) is 24.2. The quantitative estimate of drug-likeness (QED) is 0.539. The number of halogens is 1. The molecule has 3 rings (SSSR count). The molecule has 1 atom stereocenters. The fourth-order valence-corrected chi connectivity index (χ4v) is 2.52. The van der Waals surface area contributed by atoms with Crippen molar-refractivity contribution >= 4 is 6.21 Å². The van der Waals surface area contributed by atoms with Gasteiger partial charge >= 0.3 is 0 Å². The van der Waals surface area contributed by atoms with E-state index < -0.39 is 0 Å². The lowest BCUT2D eigenvalue weighted by Crippen LogP contribution is -1.97. The summed E-state index contributed by atoms with van der Waals surface area (Å²) in [5, 5.41) is 0. The number of aliphatic imine (C=N–C) groups is 1. The van der Waals surface area contributed by atoms with Crippen LogP contribution in [0.5, 0.6) is 5.75 Å². The first-order chi connectivity index (χ1) is 12.2. The molecule has 0 spiro atoms. The zero-order chi connectivity index (χ0) is 17.5. The maximum absolute atomic E-state index is 13.8. The molecule has 0 radical (unpaired) electrons. The van der Waals surface area contributed by atoms with Crippen LogP contribution in [0.1, 0.15) is 29.7 Å². The van der Waals surface area contributed by atoms with E-state index in [0.29, 0.717) is 12.2 Å². The fraction of sp³-hybridized carbons (Fsp3) is 0.136. The predicted octanol–water partition coefficient (Wildman–Crippen LogP) is 5.58. The molecule has 1 unspecified atom stereocenters. The summed E-state index contributed by atoms with van der Waals surface area (Å²) >= 11 is 0. The molecular formula is C22H20FNO. The lowest BCUT2D eigenvalue weighted by molar-refractivity contribution is 0.306. The van der Waals surface area contributed by atoms with Crippen LogP contribution >= 0.6 is 0 Å². The van der Waals surface area contributed by atoms with E-state index in [9.17, 15) is 4.39 Å². The monoisotopic (exact) mass is 333 g/mol. The Morgan fingerprint density at radius 2 is 1.72 bits per heavy atom. The minimum atomic E-state index is -0.241. The molecule has 25 heavy (non-hydrogen) atoms. The molecule has 0 aliphatic rings. The van der Waals surface area contributed by atoms with Gasteiger partial charge in [0.25, 0.3) is 0 Å². The largest absolute Gasteiger partial charge is 0.489 e. The van der Waals surface area contributed by atoms with Gasteiger partial charge in [0.05, 0.1) is 6.04 Å². The van der Waals surface area contributed by atoms with Gasteiger partial charge in [-0.3, -0.25) is 4.99 Å². The summed E-state index contributed by atoms with van der Waals surface area (Å²) in [6.45, 7) is 2.40. The lowest BCUT2D eigenvalue weighted by Gasteiger charge is -2.08. The van der Waals surface area contributed by atoms with E-state index in [1.54, 1.807) is 18.3 Å². The molecule has 0 fully saturated rings. The third kappa shape index (κ3) is 4.77. The van der Waals surface area contributed by atoms with Gasteiger partial charge in [0, 0.05) is 11.8 Å². The van der Waals surface area contributed by atoms with Gasteiger partial charge in [0.15, 0.2) is 0 Å². The molecule has 0 aliphatic carbocycles. The third-order valence-corrected chi connectivity index (χ3v) is 3.91. The molecule has 0 aliphatic heterocycles. The van der Waals surface area contributed by atoms with Crippen molar-refractivity contribution in [3.63, 3.8) is 0 Å². The Hall–Kier alpha value is -2.94. The molecule has 0 aromatic heterocycles. The van der Waals surface area contributed by atoms with Crippen molar-refractivity contribution in [3.05, 3.63) is 101 Å². The molecule has 0 saturated carbocycles. The summed E-state index contributed by atoms with van der Waals surface area (Å²) in [4.78, 5) is 4.46. The lowest BCUT2D eigenvalue weighted by atomic mass is 10.1. The smallest absolute Gasteiger partial charge is 0.128 e. The molecule has 3 aromatic rings. The highest BCUT2D eigenvalue weighted by Gasteiger charge is 2.07. The van der Waals surface area contributed by atoms with Crippen LogP contribution in [0.3, 0.4) is 0 Å². The summed E-state index contributed by atoms with van der Waals surface area (Å²) in [6.07, 6.45) is 1.76. The first-order valence-corrected chi connectivity index (χ1v) is 8.27. The molecular weight excluding hydrogens is 313 g/mol. The molecule has 0 heterocycles. The first kappa shape index (κ1) is 16.9. The highest BCUT2D eigenvalue weighted by molar-refractivity contribution is 5.80. The Bertz CT molecular complexity index is 845. The molecule has 126 valence electrons. The van der Waals surface area contributed by atoms with Gasteiger partial charge in [-0.05, 0) is 36.2 Å². The van der Waals surface area contributed by atoms with Crippen molar-refractivity contribution in [2.24, 2.45) is 4.99 Å². The Labute approximate surface area is 147 Å². The second-order valence-corrected chi connectivity index (χ2v) is 5.82. The number of hydrogen-bond acceptors (Lipinski definition) is 2. The van der Waals surface area contributed by atoms with Crippen LogP contribution < -0.4 is 4.74 Å². The average Bonchev–Trinajstić information content (AvgIpc) is 2.66. The Balaban J connectivity index is 1.66. The minimum absolute atomic E-state index is 0.230. The highest BCUT2D eigenvalue weighted by Crippen LogP contribution is 2.20. The van der Waals surface area contributed by atoms with E-state index in [4.69, 9.17) is 4.74 Å². The summed E-state index contributed by atoms with van der Waals surface area (Å²) < 4.78 is 19.6. The maximum atomic E-state index is 13.8. The van der Waals surface area contributed by atoms with Gasteiger partial charge in [0.1, 0.15) is 18.2 Å². The maximum Gasteiger partial charge on any atom is 0.128 e. The molecule has 0 N–H and O–H groups in total. The van der Waals surface area contributed by atoms with Crippen molar-refractivity contribution in [1.82, 2.24) is 0 Å². The van der Waals surface area contributed by atoms with Crippen LogP contribution in [0, 0.1) is 5.82 Å². The van der Waals surface area contributed by atoms with Gasteiger partial charge in [-0.25, -0.2) is 4.39 Å². The van der Waals surface area contributed by atoms with E-state index in [1.807, 2.05) is 67.6 Å². The van der Waals surface area contributed by atoms with Gasteiger partial charge in [0.2, 0.25) is 0 Å². The van der Waals surface area contributed by atoms with E-state index in [1.165, 1.54) is 6.07 Å². The average molecular weight is 333 g/mol. The second kappa shape index (κ2) is 8.25. The molecule has 3 aromatic carbocycles. The number of nitrogens with zero attached hydrogens (tertiary/aromatic N) is 1. The van der Waals surface area contributed by atoms with Crippen molar-refractivity contribution in [3.8, 4) is 5.75 Å². The second-order valence-electron chi connectivity index (χ2n) is 5.82. The van der Waals surface area contributed by atoms with E-state index in [0.717, 1.165) is 16.9 Å². The van der Waals surface area contributed by atoms with Gasteiger partial charge in [-0.2, -0.15) is 0 Å². The summed E-state index contributed by atoms with van der Waals surface area (Å²) in [5.41, 5.74) is 2.64. The molecule has 0 bridgehead atoms. The van der Waals surface area contributed by atoms with Crippen LogP contribution in [0.25, 0.3) is 0 Å². The van der Waals surface area contributed by atoms with Crippen LogP contribution in [-0.2, 0) is 6.61 Å². The predicted molar refractivity (Wildman–Crippen MR) is 99.6 cm³/mol. The van der Waals surface area contributed by atoms with Crippen LogP contribution in [-0.4, -0.2) is 6.21 Å². The Kier molecular flexibility index (Phi) is 5.57. The topological polar surface area (TPSA) is 21.6 Å². The van der Waals surface area contributed by atoms with Crippen molar-refractivity contribution in [2.75, 3.05) is 0 Å². The molecule has 3 heteroatoms. The molecule has 2 nitrogen and oxygen atoms in total. The van der Waals surface area contributed by atoms with Crippen LogP contribution in [0.4, 0.5) is 4.39 Å². The van der Waals surface area contributed by atoms with E-state index >= 15 is 0 Å². The van der Waals surface area contributed by atoms with Crippen molar-refractivity contribution < 1.29 is 9.13 Å². The van der Waals surface area contributed by atoms with E-state index in [-0.39, 0.29) is 11.9 Å². The number of benzene rings is 3. The zero-order valence-electron chi connectivity index (χ0n) is 14.1. The number of ether oxygens (including phenoxy) is 1. The van der Waals surface area contributed by atoms with Crippen molar-refractivity contribution in [1.29, 1.82) is 0 Å². The van der Waals surface area contributed by atoms with E-state index in [2.05, 4.69) is 4.99 Å². The van der Waals surface area contributed by atoms with Gasteiger partial charge in [-0.1, -0.05) is 60.7 Å². The third-order valence-electron chi connectivity index (χ3n) is 3.91. The van der Waals surface area contributed by atoms with Gasteiger partial charge < -0.3 is 4.74 Å². The molecule has 0 saturated heterocycles. The van der Waals surface area contributed by atoms with Gasteiger partial charge in [-0.15, -0.1) is 0 Å². The number of hydrogen-bond donors (Lipinski definition) is 0. The van der Waals surface area contributed by atoms with Crippen molar-refractivity contribution in [2.45, 2.75) is 19.6 Å². The molecule has 0 amide bonds. The standard InChI is InChI=1S/C22H20FNO/c1-17(21-12-5-6-13-22(21)23)24-15-19-10-7-11-20(14-19)25-16-18-8-3-2-4-9-18/h2-15,17H,16H2,1H3/b24-15+. The van der Waals surface area contributed by atoms with Crippen LogP contribution in [0.2, 0.25) is 0 Å². The number of rotatable bonds is 6. The SMILES string of the molecule is CC(/N=C/c1cccc(OCc2ccccc2)c1)c1ccccc1F. The first-order valence-electron chi connectivity index (χ1n) is 8.27. The summed E-state index contributed by atoms with van der Waals surface area (Å²) in [7, 11) is 0. The van der Waals surface area contributed by atoms with Crippen LogP contribution in [0.15, 0.2) is 83.9 Å². The Morgan fingerprint density at radius 1 is 0.960 bits per heavy atom. The summed E-state index contributed by atoms with van der Waals surface area (Å²) in [5.74, 6) is 0.554. The Morgan fingerprint density at radius 3 is 2.52 bits per heavy atom. The fourth-order valence-electron chi connectivity index (χ4n) is 2.52. The minimum Gasteiger partial charge on any atom is -0.489 e. The highest BCUT2D eigenvalue weighted by atomic mass is 19.1. The normalized spacial score (nSPS) is 12.2.